The first-order chi connectivity index (χ1) is 12.0. The van der Waals surface area contributed by atoms with E-state index in [1.54, 1.807) is 0 Å². The molecule has 25 heavy (non-hydrogen) atoms. The van der Waals surface area contributed by atoms with Gasteiger partial charge in [-0.2, -0.15) is 0 Å². The molecular formula is C22H29ClN2. The lowest BCUT2D eigenvalue weighted by Crippen LogP contribution is -2.44. The Morgan fingerprint density at radius 3 is 2.52 bits per heavy atom. The maximum absolute atomic E-state index is 6.18. The first-order valence-corrected chi connectivity index (χ1v) is 9.68. The zero-order valence-electron chi connectivity index (χ0n) is 15.8. The Bertz CT molecular complexity index is 735. The fourth-order valence-corrected chi connectivity index (χ4v) is 3.75. The van der Waals surface area contributed by atoms with Crippen molar-refractivity contribution in [1.82, 2.24) is 4.90 Å². The fraction of sp³-hybridized carbons (Fsp3) is 0.455. The van der Waals surface area contributed by atoms with Crippen LogP contribution in [0.5, 0.6) is 0 Å². The Morgan fingerprint density at radius 1 is 1.12 bits per heavy atom. The molecule has 0 aromatic heterocycles. The molecule has 3 heteroatoms. The van der Waals surface area contributed by atoms with Crippen molar-refractivity contribution < 1.29 is 0 Å². The topological polar surface area (TPSA) is 15.3 Å². The number of nitrogens with zero attached hydrogens (tertiary/aromatic N) is 1. The van der Waals surface area contributed by atoms with Crippen LogP contribution in [-0.4, -0.2) is 18.0 Å². The molecule has 0 aliphatic carbocycles. The van der Waals surface area contributed by atoms with Crippen molar-refractivity contribution in [2.45, 2.75) is 46.7 Å². The highest BCUT2D eigenvalue weighted by Gasteiger charge is 2.22. The Labute approximate surface area is 157 Å². The van der Waals surface area contributed by atoms with Crippen molar-refractivity contribution in [3.05, 3.63) is 63.7 Å². The van der Waals surface area contributed by atoms with Gasteiger partial charge in [0, 0.05) is 30.3 Å². The highest BCUT2D eigenvalue weighted by atomic mass is 35.5. The maximum atomic E-state index is 6.18. The molecule has 2 aromatic rings. The van der Waals surface area contributed by atoms with E-state index in [4.69, 9.17) is 11.6 Å². The zero-order valence-corrected chi connectivity index (χ0v) is 16.5. The molecule has 1 atom stereocenters. The second kappa shape index (κ2) is 7.80. The van der Waals surface area contributed by atoms with Crippen LogP contribution in [0.15, 0.2) is 36.4 Å². The summed E-state index contributed by atoms with van der Waals surface area (Å²) < 4.78 is 0. The van der Waals surface area contributed by atoms with Crippen LogP contribution < -0.4 is 5.32 Å². The first kappa shape index (κ1) is 18.3. The van der Waals surface area contributed by atoms with Crippen molar-refractivity contribution in [3.63, 3.8) is 0 Å². The Hall–Kier alpha value is -1.51. The number of rotatable bonds is 6. The third-order valence-corrected chi connectivity index (χ3v) is 5.64. The minimum absolute atomic E-state index is 0.301. The molecule has 0 spiro atoms. The summed E-state index contributed by atoms with van der Waals surface area (Å²) in [5.74, 6) is 0.847. The van der Waals surface area contributed by atoms with Gasteiger partial charge in [0.15, 0.2) is 0 Å². The summed E-state index contributed by atoms with van der Waals surface area (Å²) in [6.07, 6.45) is 1.04. The summed E-state index contributed by atoms with van der Waals surface area (Å²) in [6, 6.07) is 13.4. The van der Waals surface area contributed by atoms with Crippen molar-refractivity contribution in [3.8, 4) is 0 Å². The Morgan fingerprint density at radius 2 is 1.88 bits per heavy atom. The zero-order chi connectivity index (χ0) is 18.0. The minimum atomic E-state index is 0.301. The normalized spacial score (nSPS) is 16.5. The third kappa shape index (κ3) is 4.37. The van der Waals surface area contributed by atoms with Gasteiger partial charge in [-0.05, 0) is 66.6 Å². The van der Waals surface area contributed by atoms with Crippen LogP contribution in [0.1, 0.15) is 48.6 Å². The van der Waals surface area contributed by atoms with Gasteiger partial charge in [-0.3, -0.25) is 4.90 Å². The lowest BCUT2D eigenvalue weighted by Gasteiger charge is -2.37. The second-order valence-electron chi connectivity index (χ2n) is 7.55. The molecule has 1 saturated heterocycles. The molecule has 0 amide bonds. The molecule has 3 rings (SSSR count). The van der Waals surface area contributed by atoms with Crippen LogP contribution in [0.4, 0.5) is 5.69 Å². The van der Waals surface area contributed by atoms with E-state index in [9.17, 15) is 0 Å². The molecule has 2 aromatic carbocycles. The summed E-state index contributed by atoms with van der Waals surface area (Å²) in [7, 11) is 0. The molecule has 134 valence electrons. The number of hydrogen-bond donors (Lipinski definition) is 1. The van der Waals surface area contributed by atoms with E-state index in [-0.39, 0.29) is 0 Å². The van der Waals surface area contributed by atoms with Gasteiger partial charge in [0.25, 0.3) is 0 Å². The van der Waals surface area contributed by atoms with Gasteiger partial charge >= 0.3 is 0 Å². The van der Waals surface area contributed by atoms with Crippen molar-refractivity contribution >= 4 is 17.3 Å². The lowest BCUT2D eigenvalue weighted by atomic mass is 9.99. The average Bonchev–Trinajstić information content (AvgIpc) is 2.56. The SMILES string of the molecule is CC[C@@H](Nc1ccc(C)c(CN2CC(C)C2)c1)c1ccc(Cl)c(C)c1. The number of benzene rings is 2. The largest absolute Gasteiger partial charge is 0.378 e. The highest BCUT2D eigenvalue weighted by molar-refractivity contribution is 6.31. The first-order valence-electron chi connectivity index (χ1n) is 9.30. The minimum Gasteiger partial charge on any atom is -0.378 e. The van der Waals surface area contributed by atoms with E-state index < -0.39 is 0 Å². The summed E-state index contributed by atoms with van der Waals surface area (Å²) in [6.45, 7) is 12.3. The predicted octanol–water partition coefficient (Wildman–Crippen LogP) is 5.97. The van der Waals surface area contributed by atoms with Gasteiger partial charge in [0.05, 0.1) is 6.04 Å². The predicted molar refractivity (Wildman–Crippen MR) is 108 cm³/mol. The number of anilines is 1. The van der Waals surface area contributed by atoms with Gasteiger partial charge < -0.3 is 5.32 Å². The van der Waals surface area contributed by atoms with Crippen LogP contribution in [0.25, 0.3) is 0 Å². The molecule has 0 unspecified atom stereocenters. The maximum Gasteiger partial charge on any atom is 0.0511 e. The molecule has 1 aliphatic rings. The molecule has 0 saturated carbocycles. The number of nitrogens with one attached hydrogen (secondary N) is 1. The van der Waals surface area contributed by atoms with Crippen molar-refractivity contribution in [2.24, 2.45) is 5.92 Å². The molecule has 0 bridgehead atoms. The van der Waals surface area contributed by atoms with Gasteiger partial charge in [0.2, 0.25) is 0 Å². The van der Waals surface area contributed by atoms with E-state index in [0.717, 1.165) is 29.5 Å². The van der Waals surface area contributed by atoms with Gasteiger partial charge in [0.1, 0.15) is 0 Å². The molecule has 1 fully saturated rings. The van der Waals surface area contributed by atoms with Crippen LogP contribution >= 0.6 is 11.6 Å². The quantitative estimate of drug-likeness (QED) is 0.685. The second-order valence-corrected chi connectivity index (χ2v) is 7.96. The summed E-state index contributed by atoms with van der Waals surface area (Å²) in [4.78, 5) is 2.52. The van der Waals surface area contributed by atoms with Crippen molar-refractivity contribution in [1.29, 1.82) is 0 Å². The van der Waals surface area contributed by atoms with E-state index in [0.29, 0.717) is 6.04 Å². The van der Waals surface area contributed by atoms with Crippen LogP contribution in [0.2, 0.25) is 5.02 Å². The average molecular weight is 357 g/mol. The standard InChI is InChI=1S/C22H29ClN2/c1-5-22(18-7-9-21(23)17(4)10-18)24-20-8-6-16(3)19(11-20)14-25-12-15(2)13-25/h6-11,15,22,24H,5,12-14H2,1-4H3/t22-/m1/s1. The highest BCUT2D eigenvalue weighted by Crippen LogP contribution is 2.28. The number of halogens is 1. The number of hydrogen-bond acceptors (Lipinski definition) is 2. The molecule has 0 radical (unpaired) electrons. The van der Waals surface area contributed by atoms with E-state index in [1.807, 2.05) is 6.07 Å². The smallest absolute Gasteiger partial charge is 0.0511 e. The molecular weight excluding hydrogens is 328 g/mol. The lowest BCUT2D eigenvalue weighted by molar-refractivity contribution is 0.105. The van der Waals surface area contributed by atoms with E-state index in [2.05, 4.69) is 68.2 Å². The van der Waals surface area contributed by atoms with Crippen molar-refractivity contribution in [2.75, 3.05) is 18.4 Å². The molecule has 1 N–H and O–H groups in total. The Balaban J connectivity index is 1.75. The summed E-state index contributed by atoms with van der Waals surface area (Å²) in [5, 5.41) is 4.55. The van der Waals surface area contributed by atoms with Gasteiger partial charge in [-0.25, -0.2) is 0 Å². The Kier molecular flexibility index (Phi) is 5.71. The van der Waals surface area contributed by atoms with E-state index in [1.165, 1.54) is 35.5 Å². The molecule has 1 aliphatic heterocycles. The molecule has 1 heterocycles. The van der Waals surface area contributed by atoms with Crippen LogP contribution in [0, 0.1) is 19.8 Å². The molecule has 2 nitrogen and oxygen atoms in total. The fourth-order valence-electron chi connectivity index (χ4n) is 3.64. The van der Waals surface area contributed by atoms with E-state index >= 15 is 0 Å². The third-order valence-electron chi connectivity index (χ3n) is 5.22. The van der Waals surface area contributed by atoms with Crippen LogP contribution in [0.3, 0.4) is 0 Å². The summed E-state index contributed by atoms with van der Waals surface area (Å²) >= 11 is 6.18. The van der Waals surface area contributed by atoms with Gasteiger partial charge in [-0.1, -0.05) is 43.6 Å². The van der Waals surface area contributed by atoms with Gasteiger partial charge in [-0.15, -0.1) is 0 Å². The van der Waals surface area contributed by atoms with Crippen LogP contribution in [-0.2, 0) is 6.54 Å². The number of aryl methyl sites for hydroxylation is 2. The summed E-state index contributed by atoms with van der Waals surface area (Å²) in [5.41, 5.74) is 6.44. The number of likely N-dealkylation sites (tertiary alicyclic amines) is 1. The monoisotopic (exact) mass is 356 g/mol.